The molecule has 2 atom stereocenters. The van der Waals surface area contributed by atoms with Crippen LogP contribution in [0.5, 0.6) is 5.75 Å². The van der Waals surface area contributed by atoms with E-state index in [2.05, 4.69) is 15.5 Å². The van der Waals surface area contributed by atoms with Crippen molar-refractivity contribution < 1.29 is 9.53 Å². The first-order chi connectivity index (χ1) is 16.0. The van der Waals surface area contributed by atoms with Gasteiger partial charge in [-0.05, 0) is 50.2 Å². The Hall–Kier alpha value is -3.29. The second-order valence-corrected chi connectivity index (χ2v) is 9.03. The number of ether oxygens (including phenoxy) is 1. The van der Waals surface area contributed by atoms with Crippen molar-refractivity contribution in [2.24, 2.45) is 0 Å². The van der Waals surface area contributed by atoms with Gasteiger partial charge < -0.3 is 10.1 Å². The minimum atomic E-state index is -0.430. The number of hydrogen-bond donors (Lipinski definition) is 1. The summed E-state index contributed by atoms with van der Waals surface area (Å²) in [7, 11) is 0. The third-order valence-corrected chi connectivity index (χ3v) is 6.22. The van der Waals surface area contributed by atoms with E-state index in [1.807, 2.05) is 97.3 Å². The van der Waals surface area contributed by atoms with Crippen molar-refractivity contribution in [3.63, 3.8) is 0 Å². The fourth-order valence-electron chi connectivity index (χ4n) is 3.20. The zero-order valence-corrected chi connectivity index (χ0v) is 19.8. The van der Waals surface area contributed by atoms with Crippen LogP contribution in [0.1, 0.15) is 25.8 Å². The van der Waals surface area contributed by atoms with E-state index in [-0.39, 0.29) is 5.91 Å². The number of amides is 1. The Kier molecular flexibility index (Phi) is 7.32. The molecule has 0 saturated carbocycles. The first-order valence-electron chi connectivity index (χ1n) is 10.5. The van der Waals surface area contributed by atoms with Gasteiger partial charge in [0, 0.05) is 11.4 Å². The van der Waals surface area contributed by atoms with Crippen LogP contribution >= 0.6 is 23.4 Å². The third kappa shape index (κ3) is 5.56. The molecule has 6 nitrogen and oxygen atoms in total. The minimum Gasteiger partial charge on any atom is -0.481 e. The van der Waals surface area contributed by atoms with E-state index in [0.29, 0.717) is 21.8 Å². The van der Waals surface area contributed by atoms with Crippen LogP contribution in [0.3, 0.4) is 0 Å². The Morgan fingerprint density at radius 1 is 0.939 bits per heavy atom. The number of nitrogens with one attached hydrogen (secondary N) is 1. The van der Waals surface area contributed by atoms with E-state index in [1.54, 1.807) is 6.07 Å². The Morgan fingerprint density at radius 2 is 1.58 bits per heavy atom. The largest absolute Gasteiger partial charge is 0.481 e. The normalized spacial score (nSPS) is 12.7. The first kappa shape index (κ1) is 22.9. The molecule has 0 fully saturated rings. The fraction of sp³-hybridized carbons (Fsp3) is 0.160. The molecule has 1 amide bonds. The second-order valence-electron chi connectivity index (χ2n) is 7.32. The highest BCUT2D eigenvalue weighted by Gasteiger charge is 2.25. The summed E-state index contributed by atoms with van der Waals surface area (Å²) in [6, 6.07) is 26.4. The summed E-state index contributed by atoms with van der Waals surface area (Å²) in [4.78, 5) is 12.8. The number of hydrogen-bond acceptors (Lipinski definition) is 5. The Labute approximate surface area is 202 Å². The Balaban J connectivity index is 1.60. The van der Waals surface area contributed by atoms with Gasteiger partial charge in [0.1, 0.15) is 5.75 Å². The average molecular weight is 479 g/mol. The number of para-hydroxylation sites is 3. The lowest BCUT2D eigenvalue weighted by Crippen LogP contribution is -2.23. The summed E-state index contributed by atoms with van der Waals surface area (Å²) in [5.41, 5.74) is 1.63. The molecule has 1 heterocycles. The number of aromatic nitrogens is 3. The molecule has 1 N–H and O–H groups in total. The predicted octanol–water partition coefficient (Wildman–Crippen LogP) is 6.18. The van der Waals surface area contributed by atoms with Crippen LogP contribution in [0.25, 0.3) is 5.69 Å². The lowest BCUT2D eigenvalue weighted by Gasteiger charge is -2.18. The van der Waals surface area contributed by atoms with Crippen LogP contribution in [0.2, 0.25) is 5.02 Å². The number of halogens is 1. The third-order valence-electron chi connectivity index (χ3n) is 4.87. The summed E-state index contributed by atoms with van der Waals surface area (Å²) < 4.78 is 8.01. The Bertz CT molecular complexity index is 1220. The highest BCUT2D eigenvalue weighted by Crippen LogP contribution is 2.32. The summed E-state index contributed by atoms with van der Waals surface area (Å²) in [5.74, 6) is 1.06. The molecule has 0 radical (unpaired) electrons. The topological polar surface area (TPSA) is 69.0 Å². The molecule has 0 aliphatic carbocycles. The molecule has 0 saturated heterocycles. The van der Waals surface area contributed by atoms with Gasteiger partial charge in [-0.25, -0.2) is 0 Å². The maximum Gasteiger partial charge on any atom is 0.237 e. The summed E-state index contributed by atoms with van der Waals surface area (Å²) >= 11 is 7.61. The van der Waals surface area contributed by atoms with Crippen molar-refractivity contribution in [2.45, 2.75) is 30.4 Å². The highest BCUT2D eigenvalue weighted by molar-refractivity contribution is 8.00. The molecule has 0 aliphatic rings. The van der Waals surface area contributed by atoms with Crippen molar-refractivity contribution in [1.29, 1.82) is 0 Å². The van der Waals surface area contributed by atoms with Crippen LogP contribution < -0.4 is 10.1 Å². The molecule has 0 bridgehead atoms. The zero-order valence-electron chi connectivity index (χ0n) is 18.2. The van der Waals surface area contributed by atoms with Crippen molar-refractivity contribution in [2.75, 3.05) is 5.32 Å². The van der Waals surface area contributed by atoms with Crippen LogP contribution in [0, 0.1) is 0 Å². The van der Waals surface area contributed by atoms with Gasteiger partial charge in [0.15, 0.2) is 17.1 Å². The quantitative estimate of drug-likeness (QED) is 0.306. The van der Waals surface area contributed by atoms with Gasteiger partial charge in [-0.2, -0.15) is 0 Å². The molecule has 0 aliphatic heterocycles. The van der Waals surface area contributed by atoms with E-state index in [1.165, 1.54) is 11.8 Å². The van der Waals surface area contributed by atoms with Crippen LogP contribution in [0.4, 0.5) is 5.69 Å². The number of nitrogens with zero attached hydrogens (tertiary/aromatic N) is 3. The molecule has 0 spiro atoms. The van der Waals surface area contributed by atoms with Crippen LogP contribution in [0.15, 0.2) is 90.1 Å². The van der Waals surface area contributed by atoms with Gasteiger partial charge in [-0.15, -0.1) is 10.2 Å². The molecule has 1 aromatic heterocycles. The number of carbonyl (C=O) groups excluding carboxylic acids is 1. The van der Waals surface area contributed by atoms with Gasteiger partial charge >= 0.3 is 0 Å². The lowest BCUT2D eigenvalue weighted by atomic mass is 10.3. The maximum atomic E-state index is 12.8. The molecular formula is C25H23ClN4O2S. The molecule has 4 aromatic rings. The van der Waals surface area contributed by atoms with Crippen molar-refractivity contribution in [3.8, 4) is 11.4 Å². The predicted molar refractivity (Wildman–Crippen MR) is 132 cm³/mol. The van der Waals surface area contributed by atoms with Gasteiger partial charge in [0.25, 0.3) is 0 Å². The van der Waals surface area contributed by atoms with E-state index < -0.39 is 11.4 Å². The monoisotopic (exact) mass is 478 g/mol. The van der Waals surface area contributed by atoms with Crippen LogP contribution in [-0.4, -0.2) is 25.9 Å². The summed E-state index contributed by atoms with van der Waals surface area (Å²) in [6.45, 7) is 3.74. The van der Waals surface area contributed by atoms with E-state index in [9.17, 15) is 4.79 Å². The van der Waals surface area contributed by atoms with Gasteiger partial charge in [-0.1, -0.05) is 71.9 Å². The SMILES string of the molecule is CC(Sc1nnc(C(C)Oc2ccccc2Cl)n1-c1ccccc1)C(=O)Nc1ccccc1. The van der Waals surface area contributed by atoms with Gasteiger partial charge in [0.2, 0.25) is 5.91 Å². The van der Waals surface area contributed by atoms with Crippen molar-refractivity contribution >= 4 is 35.0 Å². The first-order valence-corrected chi connectivity index (χ1v) is 11.7. The standard InChI is InChI=1S/C25H23ClN4O2S/c1-17(32-22-16-10-9-15-21(22)26)23-28-29-25(30(23)20-13-7-4-8-14-20)33-18(2)24(31)27-19-11-5-3-6-12-19/h3-18H,1-2H3,(H,27,31). The summed E-state index contributed by atoms with van der Waals surface area (Å²) in [6.07, 6.45) is -0.430. The average Bonchev–Trinajstić information content (AvgIpc) is 3.25. The van der Waals surface area contributed by atoms with E-state index >= 15 is 0 Å². The zero-order chi connectivity index (χ0) is 23.2. The van der Waals surface area contributed by atoms with E-state index in [4.69, 9.17) is 16.3 Å². The molecule has 8 heteroatoms. The second kappa shape index (κ2) is 10.6. The number of anilines is 1. The lowest BCUT2D eigenvalue weighted by molar-refractivity contribution is -0.115. The summed E-state index contributed by atoms with van der Waals surface area (Å²) in [5, 5.41) is 12.5. The molecule has 2 unspecified atom stereocenters. The smallest absolute Gasteiger partial charge is 0.237 e. The molecular weight excluding hydrogens is 456 g/mol. The highest BCUT2D eigenvalue weighted by atomic mass is 35.5. The molecule has 168 valence electrons. The minimum absolute atomic E-state index is 0.115. The van der Waals surface area contributed by atoms with Gasteiger partial charge in [-0.3, -0.25) is 9.36 Å². The maximum absolute atomic E-state index is 12.8. The van der Waals surface area contributed by atoms with Crippen LogP contribution in [-0.2, 0) is 4.79 Å². The number of carbonyl (C=O) groups is 1. The number of benzene rings is 3. The van der Waals surface area contributed by atoms with Gasteiger partial charge in [0.05, 0.1) is 10.3 Å². The van der Waals surface area contributed by atoms with Crippen molar-refractivity contribution in [1.82, 2.24) is 14.8 Å². The number of rotatable bonds is 8. The Morgan fingerprint density at radius 3 is 2.27 bits per heavy atom. The molecule has 33 heavy (non-hydrogen) atoms. The van der Waals surface area contributed by atoms with E-state index in [0.717, 1.165) is 11.4 Å². The number of thioether (sulfide) groups is 1. The van der Waals surface area contributed by atoms with Crippen molar-refractivity contribution in [3.05, 3.63) is 95.8 Å². The fourth-order valence-corrected chi connectivity index (χ4v) is 4.26. The molecule has 4 rings (SSSR count). The molecule has 3 aromatic carbocycles.